The van der Waals surface area contributed by atoms with Gasteiger partial charge in [0.15, 0.2) is 12.1 Å². The van der Waals surface area contributed by atoms with Crippen molar-refractivity contribution < 1.29 is 38.2 Å². The fourth-order valence-electron chi connectivity index (χ4n) is 8.15. The summed E-state index contributed by atoms with van der Waals surface area (Å²) in [5.74, 6) is -1.49. The molecular formula is C62H108NO7+. The smallest absolute Gasteiger partial charge is 0.362 e. The molecule has 2 unspecified atom stereocenters. The Morgan fingerprint density at radius 1 is 0.443 bits per heavy atom. The van der Waals surface area contributed by atoms with E-state index >= 15 is 0 Å². The normalized spacial score (nSPS) is 13.4. The average Bonchev–Trinajstić information content (AvgIpc) is 3.33. The molecule has 2 atom stereocenters. The van der Waals surface area contributed by atoms with E-state index < -0.39 is 18.1 Å². The Hall–Kier alpha value is -3.49. The number of carbonyl (C=O) groups is 3. The molecule has 0 bridgehead atoms. The van der Waals surface area contributed by atoms with Gasteiger partial charge in [0.25, 0.3) is 0 Å². The van der Waals surface area contributed by atoms with Gasteiger partial charge in [0, 0.05) is 19.3 Å². The first kappa shape index (κ1) is 66.5. The second-order valence-electron chi connectivity index (χ2n) is 20.2. The average molecular weight is 980 g/mol. The van der Waals surface area contributed by atoms with Gasteiger partial charge in [-0.1, -0.05) is 214 Å². The number of hydrogen-bond donors (Lipinski definition) is 1. The lowest BCUT2D eigenvalue weighted by Gasteiger charge is -2.31. The van der Waals surface area contributed by atoms with Crippen LogP contribution < -0.4 is 0 Å². The number of hydrogen-bond acceptors (Lipinski definition) is 6. The first-order chi connectivity index (χ1) is 34.1. The number of aliphatic carboxylic acids is 1. The number of rotatable bonds is 51. The Balaban J connectivity index is 4.24. The number of esters is 2. The fourth-order valence-corrected chi connectivity index (χ4v) is 8.15. The van der Waals surface area contributed by atoms with Crippen LogP contribution in [0, 0.1) is 0 Å². The highest BCUT2D eigenvalue weighted by Crippen LogP contribution is 2.15. The van der Waals surface area contributed by atoms with Crippen molar-refractivity contribution in [1.29, 1.82) is 0 Å². The number of unbranched alkanes of at least 4 members (excludes halogenated alkanes) is 23. The van der Waals surface area contributed by atoms with E-state index in [-0.39, 0.29) is 36.2 Å². The molecule has 8 nitrogen and oxygen atoms in total. The van der Waals surface area contributed by atoms with Gasteiger partial charge in [-0.2, -0.15) is 0 Å². The molecule has 0 aromatic carbocycles. The van der Waals surface area contributed by atoms with Gasteiger partial charge >= 0.3 is 17.9 Å². The van der Waals surface area contributed by atoms with E-state index in [9.17, 15) is 19.5 Å². The van der Waals surface area contributed by atoms with Crippen LogP contribution >= 0.6 is 0 Å². The van der Waals surface area contributed by atoms with Gasteiger partial charge in [-0.15, -0.1) is 0 Å². The maximum atomic E-state index is 12.8. The van der Waals surface area contributed by atoms with Crippen LogP contribution in [-0.4, -0.2) is 80.6 Å². The minimum absolute atomic E-state index is 0.0505. The maximum Gasteiger partial charge on any atom is 0.362 e. The Kier molecular flexibility index (Phi) is 49.3. The van der Waals surface area contributed by atoms with E-state index in [0.717, 1.165) is 89.9 Å². The number of quaternary nitrogens is 1. The number of likely N-dealkylation sites (N-methyl/N-ethyl adjacent to an activating group) is 1. The van der Waals surface area contributed by atoms with Crippen molar-refractivity contribution in [1.82, 2.24) is 0 Å². The van der Waals surface area contributed by atoms with Gasteiger partial charge in [-0.3, -0.25) is 9.59 Å². The molecule has 0 aliphatic heterocycles. The van der Waals surface area contributed by atoms with Crippen LogP contribution in [0.3, 0.4) is 0 Å². The van der Waals surface area contributed by atoms with Crippen LogP contribution in [0.25, 0.3) is 0 Å². The number of allylic oxidation sites excluding steroid dienone is 14. The lowest BCUT2D eigenvalue weighted by molar-refractivity contribution is -0.887. The molecule has 1 N–H and O–H groups in total. The summed E-state index contributed by atoms with van der Waals surface area (Å²) in [5.41, 5.74) is 0. The third-order valence-corrected chi connectivity index (χ3v) is 12.5. The standard InChI is InChI=1S/C62H107NO7/c1-6-8-10-12-14-16-18-20-22-24-26-28-30-32-34-36-38-40-42-44-46-48-50-52-60(64)69-57-58(56-68-55-54-59(62(66)67)63(3,4)5)70-61(65)53-51-49-47-45-43-41-39-37-35-33-31-29-27-25-23-21-19-17-15-13-11-9-7-2/h8,10,14,16,20,22,26-29,32-35,58-59H,6-7,9,11-13,15,17-19,21,23-25,30-31,36-57H2,1-5H3/p+1/b10-8+,16-14+,22-20+,28-26+,29-27+,34-32+,35-33+. The van der Waals surface area contributed by atoms with Gasteiger partial charge in [0.05, 0.1) is 34.4 Å². The molecule has 0 aliphatic carbocycles. The summed E-state index contributed by atoms with van der Waals surface area (Å²) < 4.78 is 17.4. The number of ether oxygens (including phenoxy) is 3. The monoisotopic (exact) mass is 979 g/mol. The zero-order valence-electron chi connectivity index (χ0n) is 46.0. The third-order valence-electron chi connectivity index (χ3n) is 12.5. The summed E-state index contributed by atoms with van der Waals surface area (Å²) >= 11 is 0. The lowest BCUT2D eigenvalue weighted by atomic mass is 10.1. The molecule has 0 aromatic rings. The molecule has 8 heteroatoms. The summed E-state index contributed by atoms with van der Waals surface area (Å²) in [6.07, 6.45) is 69.3. The molecule has 0 aromatic heterocycles. The van der Waals surface area contributed by atoms with Crippen molar-refractivity contribution >= 4 is 17.9 Å². The van der Waals surface area contributed by atoms with Crippen molar-refractivity contribution in [3.8, 4) is 0 Å². The molecule has 0 radical (unpaired) electrons. The zero-order chi connectivity index (χ0) is 51.3. The van der Waals surface area contributed by atoms with Crippen molar-refractivity contribution in [3.05, 3.63) is 85.1 Å². The summed E-state index contributed by atoms with van der Waals surface area (Å²) in [4.78, 5) is 37.3. The molecular weight excluding hydrogens is 871 g/mol. The molecule has 0 rings (SSSR count). The largest absolute Gasteiger partial charge is 0.477 e. The molecule has 0 saturated carbocycles. The van der Waals surface area contributed by atoms with Crippen LogP contribution in [-0.2, 0) is 28.6 Å². The van der Waals surface area contributed by atoms with Gasteiger partial charge in [-0.25, -0.2) is 4.79 Å². The van der Waals surface area contributed by atoms with Crippen LogP contribution in [0.5, 0.6) is 0 Å². The molecule has 0 saturated heterocycles. The first-order valence-electron chi connectivity index (χ1n) is 28.6. The van der Waals surface area contributed by atoms with Crippen LogP contribution in [0.2, 0.25) is 0 Å². The van der Waals surface area contributed by atoms with E-state index in [1.165, 1.54) is 116 Å². The second kappa shape index (κ2) is 51.9. The van der Waals surface area contributed by atoms with Gasteiger partial charge in [-0.05, 0) is 89.9 Å². The Morgan fingerprint density at radius 3 is 1.19 bits per heavy atom. The highest BCUT2D eigenvalue weighted by Gasteiger charge is 2.31. The number of carbonyl (C=O) groups excluding carboxylic acids is 2. The number of carboxylic acids is 1. The second-order valence-corrected chi connectivity index (χ2v) is 20.2. The molecule has 70 heavy (non-hydrogen) atoms. The molecule has 0 heterocycles. The molecule has 0 spiro atoms. The zero-order valence-corrected chi connectivity index (χ0v) is 46.0. The Bertz CT molecular complexity index is 1420. The van der Waals surface area contributed by atoms with E-state index in [1.54, 1.807) is 0 Å². The van der Waals surface area contributed by atoms with E-state index in [4.69, 9.17) is 14.2 Å². The van der Waals surface area contributed by atoms with Crippen molar-refractivity contribution in [3.63, 3.8) is 0 Å². The summed E-state index contributed by atoms with van der Waals surface area (Å²) in [5, 5.41) is 9.68. The van der Waals surface area contributed by atoms with E-state index in [1.807, 2.05) is 21.1 Å². The predicted octanol–water partition coefficient (Wildman–Crippen LogP) is 17.2. The summed E-state index contributed by atoms with van der Waals surface area (Å²) in [7, 11) is 5.53. The van der Waals surface area contributed by atoms with Crippen molar-refractivity contribution in [2.75, 3.05) is 41.0 Å². The summed E-state index contributed by atoms with van der Waals surface area (Å²) in [6, 6.07) is -0.623. The van der Waals surface area contributed by atoms with Crippen molar-refractivity contribution in [2.45, 2.75) is 251 Å². The minimum atomic E-state index is -0.879. The van der Waals surface area contributed by atoms with Crippen LogP contribution in [0.15, 0.2) is 85.1 Å². The topological polar surface area (TPSA) is 99.1 Å². The number of nitrogens with zero attached hydrogens (tertiary/aromatic N) is 1. The van der Waals surface area contributed by atoms with Gasteiger partial charge in [0.2, 0.25) is 0 Å². The maximum absolute atomic E-state index is 12.8. The Morgan fingerprint density at radius 2 is 0.800 bits per heavy atom. The number of carboxylic acid groups (broad SMARTS) is 1. The van der Waals surface area contributed by atoms with E-state index in [2.05, 4.69) is 98.9 Å². The quantitative estimate of drug-likeness (QED) is 0.0280. The molecule has 402 valence electrons. The first-order valence-corrected chi connectivity index (χ1v) is 28.6. The predicted molar refractivity (Wildman–Crippen MR) is 298 cm³/mol. The third kappa shape index (κ3) is 49.5. The van der Waals surface area contributed by atoms with Gasteiger partial charge in [0.1, 0.15) is 6.61 Å². The van der Waals surface area contributed by atoms with Crippen molar-refractivity contribution in [2.24, 2.45) is 0 Å². The van der Waals surface area contributed by atoms with Gasteiger partial charge < -0.3 is 23.8 Å². The highest BCUT2D eigenvalue weighted by molar-refractivity contribution is 5.72. The SMILES string of the molecule is CC/C=C/C/C=C/C/C=C/C/C=C/C/C=C/CCCCCCCCCC(=O)OCC(COCCC(C(=O)O)[N+](C)(C)C)OC(=O)CCCCCCCCC/C=C/C/C=C/CCCCCCCCCCC. The fraction of sp³-hybridized carbons (Fsp3) is 0.726. The van der Waals surface area contributed by atoms with E-state index in [0.29, 0.717) is 19.3 Å². The van der Waals surface area contributed by atoms with Crippen LogP contribution in [0.1, 0.15) is 239 Å². The lowest BCUT2D eigenvalue weighted by Crippen LogP contribution is -2.50. The highest BCUT2D eigenvalue weighted by atomic mass is 16.6. The Labute approximate surface area is 431 Å². The minimum Gasteiger partial charge on any atom is -0.477 e. The molecule has 0 aliphatic rings. The summed E-state index contributed by atoms with van der Waals surface area (Å²) in [6.45, 7) is 4.62. The molecule has 0 amide bonds. The van der Waals surface area contributed by atoms with Crippen LogP contribution in [0.4, 0.5) is 0 Å². The molecule has 0 fully saturated rings.